The molecule has 11 heteroatoms. The number of aromatic nitrogens is 4. The van der Waals surface area contributed by atoms with E-state index in [1.807, 2.05) is 0 Å². The summed E-state index contributed by atoms with van der Waals surface area (Å²) in [7, 11) is 1.16. The monoisotopic (exact) mass is 395 g/mol. The molecule has 0 saturated heterocycles. The Kier molecular flexibility index (Phi) is 6.85. The van der Waals surface area contributed by atoms with E-state index in [1.54, 1.807) is 20.8 Å². The van der Waals surface area contributed by atoms with E-state index >= 15 is 0 Å². The fourth-order valence-corrected chi connectivity index (χ4v) is 2.14. The van der Waals surface area contributed by atoms with Crippen LogP contribution in [0.2, 0.25) is 0 Å². The second-order valence-corrected chi connectivity index (χ2v) is 6.78. The van der Waals surface area contributed by atoms with Gasteiger partial charge in [-0.3, -0.25) is 0 Å². The summed E-state index contributed by atoms with van der Waals surface area (Å²) < 4.78 is 29.3. The number of nitrogens with zero attached hydrogens (tertiary/aromatic N) is 4. The Morgan fingerprint density at radius 2 is 2.07 bits per heavy atom. The highest BCUT2D eigenvalue weighted by Gasteiger charge is 2.21. The largest absolute Gasteiger partial charge is 0.491 e. The van der Waals surface area contributed by atoms with Gasteiger partial charge in [0.2, 0.25) is 0 Å². The van der Waals surface area contributed by atoms with Crippen LogP contribution in [0.5, 0.6) is 5.75 Å². The number of hydrogen-bond donors (Lipinski definition) is 1. The maximum Gasteiger partial charge on any atom is 0.408 e. The lowest BCUT2D eigenvalue weighted by Gasteiger charge is -2.23. The number of halogens is 1. The van der Waals surface area contributed by atoms with Crippen LogP contribution in [0.15, 0.2) is 24.5 Å². The summed E-state index contributed by atoms with van der Waals surface area (Å²) >= 11 is 0. The summed E-state index contributed by atoms with van der Waals surface area (Å²) in [5, 5.41) is 13.9. The number of ether oxygens (including phenoxy) is 3. The van der Waals surface area contributed by atoms with Crippen LogP contribution in [0.25, 0.3) is 0 Å². The first kappa shape index (κ1) is 21.1. The molecule has 1 unspecified atom stereocenters. The molecule has 1 heterocycles. The second-order valence-electron chi connectivity index (χ2n) is 6.78. The van der Waals surface area contributed by atoms with E-state index in [0.29, 0.717) is 0 Å². The van der Waals surface area contributed by atoms with Crippen molar-refractivity contribution in [2.24, 2.45) is 0 Å². The number of carbonyl (C=O) groups excluding carboxylic acids is 2. The lowest BCUT2D eigenvalue weighted by atomic mass is 10.2. The number of alkyl carbamates (subject to hydrolysis) is 1. The highest BCUT2D eigenvalue weighted by molar-refractivity contribution is 5.89. The van der Waals surface area contributed by atoms with E-state index in [1.165, 1.54) is 23.3 Å². The number of benzene rings is 1. The first-order valence-corrected chi connectivity index (χ1v) is 8.39. The highest BCUT2D eigenvalue weighted by atomic mass is 19.1. The van der Waals surface area contributed by atoms with Gasteiger partial charge >= 0.3 is 12.1 Å². The zero-order valence-corrected chi connectivity index (χ0v) is 16.0. The molecule has 10 nitrogen and oxygen atoms in total. The number of rotatable bonds is 7. The molecule has 0 aliphatic heterocycles. The lowest BCUT2D eigenvalue weighted by molar-refractivity contribution is 0.0476. The van der Waals surface area contributed by atoms with Gasteiger partial charge in [-0.25, -0.2) is 14.0 Å². The van der Waals surface area contributed by atoms with Crippen LogP contribution < -0.4 is 10.1 Å². The van der Waals surface area contributed by atoms with E-state index in [4.69, 9.17) is 9.47 Å². The Morgan fingerprint density at radius 1 is 1.32 bits per heavy atom. The minimum absolute atomic E-state index is 0.0300. The summed E-state index contributed by atoms with van der Waals surface area (Å²) in [6, 6.07) is 3.15. The van der Waals surface area contributed by atoms with Gasteiger partial charge in [-0.1, -0.05) is 0 Å². The van der Waals surface area contributed by atoms with Crippen molar-refractivity contribution in [1.82, 2.24) is 25.5 Å². The number of esters is 1. The van der Waals surface area contributed by atoms with Gasteiger partial charge < -0.3 is 19.5 Å². The fourth-order valence-electron chi connectivity index (χ4n) is 2.14. The minimum Gasteiger partial charge on any atom is -0.491 e. The van der Waals surface area contributed by atoms with Crippen molar-refractivity contribution >= 4 is 12.1 Å². The topological polar surface area (TPSA) is 117 Å². The van der Waals surface area contributed by atoms with Crippen LogP contribution in [0.4, 0.5) is 9.18 Å². The van der Waals surface area contributed by atoms with Crippen LogP contribution in [-0.2, 0) is 16.0 Å². The number of carbonyl (C=O) groups is 2. The standard InChI is InChI=1S/C17H22FN5O5/c1-17(2,3)28-16(25)21-11(8-23-20-10-19-22-23)9-27-12-5-6-13(14(18)7-12)15(24)26-4/h5-7,10-11H,8-9H2,1-4H3,(H,21,25). The van der Waals surface area contributed by atoms with Gasteiger partial charge in [0.15, 0.2) is 6.33 Å². The smallest absolute Gasteiger partial charge is 0.408 e. The molecule has 0 bridgehead atoms. The van der Waals surface area contributed by atoms with Crippen molar-refractivity contribution in [2.75, 3.05) is 13.7 Å². The lowest BCUT2D eigenvalue weighted by Crippen LogP contribution is -2.44. The third kappa shape index (κ3) is 6.49. The van der Waals surface area contributed by atoms with Crippen LogP contribution in [0.3, 0.4) is 0 Å². The molecule has 28 heavy (non-hydrogen) atoms. The molecule has 0 aliphatic rings. The number of nitrogens with one attached hydrogen (secondary N) is 1. The zero-order valence-electron chi connectivity index (χ0n) is 16.0. The molecule has 2 rings (SSSR count). The Hall–Kier alpha value is -3.24. The predicted octanol–water partition coefficient (Wildman–Crippen LogP) is 1.57. The van der Waals surface area contributed by atoms with E-state index < -0.39 is 29.5 Å². The minimum atomic E-state index is -0.786. The molecule has 0 spiro atoms. The molecule has 1 aromatic carbocycles. The van der Waals surface area contributed by atoms with Crippen molar-refractivity contribution in [3.05, 3.63) is 35.9 Å². The Balaban J connectivity index is 2.04. The summed E-state index contributed by atoms with van der Waals surface area (Å²) in [6.45, 7) is 5.34. The van der Waals surface area contributed by atoms with Gasteiger partial charge in [-0.15, -0.1) is 10.2 Å². The van der Waals surface area contributed by atoms with Crippen LogP contribution in [-0.4, -0.2) is 57.6 Å². The molecule has 1 atom stereocenters. The van der Waals surface area contributed by atoms with Gasteiger partial charge in [0.05, 0.1) is 25.3 Å². The Labute approximate surface area is 161 Å². The molecular weight excluding hydrogens is 373 g/mol. The summed E-state index contributed by atoms with van der Waals surface area (Å²) in [5.74, 6) is -1.39. The normalized spacial score (nSPS) is 12.2. The van der Waals surface area contributed by atoms with Gasteiger partial charge in [-0.05, 0) is 38.1 Å². The van der Waals surface area contributed by atoms with Gasteiger partial charge in [0.1, 0.15) is 23.8 Å². The summed E-state index contributed by atoms with van der Waals surface area (Å²) in [6.07, 6.45) is 0.611. The third-order valence-electron chi connectivity index (χ3n) is 3.29. The molecule has 0 aliphatic carbocycles. The van der Waals surface area contributed by atoms with Crippen molar-refractivity contribution in [3.63, 3.8) is 0 Å². The molecule has 0 fully saturated rings. The molecule has 0 radical (unpaired) electrons. The number of hydrogen-bond acceptors (Lipinski definition) is 8. The maximum atomic E-state index is 14.0. The van der Waals surface area contributed by atoms with E-state index in [9.17, 15) is 14.0 Å². The van der Waals surface area contributed by atoms with Crippen molar-refractivity contribution in [2.45, 2.75) is 39.0 Å². The van der Waals surface area contributed by atoms with Crippen molar-refractivity contribution < 1.29 is 28.2 Å². The van der Waals surface area contributed by atoms with Crippen molar-refractivity contribution in [3.8, 4) is 5.75 Å². The van der Waals surface area contributed by atoms with Gasteiger partial charge in [-0.2, -0.15) is 4.80 Å². The van der Waals surface area contributed by atoms with Crippen molar-refractivity contribution in [1.29, 1.82) is 0 Å². The molecule has 1 amide bonds. The average molecular weight is 395 g/mol. The molecule has 1 N–H and O–H groups in total. The first-order chi connectivity index (χ1) is 13.2. The van der Waals surface area contributed by atoms with Crippen LogP contribution >= 0.6 is 0 Å². The average Bonchev–Trinajstić information content (AvgIpc) is 3.10. The number of tetrazole rings is 1. The molecule has 2 aromatic rings. The van der Waals surface area contributed by atoms with E-state index in [2.05, 4.69) is 25.5 Å². The van der Waals surface area contributed by atoms with Gasteiger partial charge in [0.25, 0.3) is 0 Å². The van der Waals surface area contributed by atoms with Gasteiger partial charge in [0, 0.05) is 6.07 Å². The van der Waals surface area contributed by atoms with Crippen LogP contribution in [0.1, 0.15) is 31.1 Å². The SMILES string of the molecule is COC(=O)c1ccc(OCC(Cn2ncnn2)NC(=O)OC(C)(C)C)cc1F. The molecule has 1 aromatic heterocycles. The molecule has 152 valence electrons. The quantitative estimate of drug-likeness (QED) is 0.702. The third-order valence-corrected chi connectivity index (χ3v) is 3.29. The predicted molar refractivity (Wildman–Crippen MR) is 94.2 cm³/mol. The Bertz CT molecular complexity index is 807. The Morgan fingerprint density at radius 3 is 2.64 bits per heavy atom. The molecule has 0 saturated carbocycles. The zero-order chi connectivity index (χ0) is 20.7. The highest BCUT2D eigenvalue weighted by Crippen LogP contribution is 2.18. The second kappa shape index (κ2) is 9.11. The summed E-state index contributed by atoms with van der Waals surface area (Å²) in [5.41, 5.74) is -0.876. The number of amides is 1. The van der Waals surface area contributed by atoms with Crippen LogP contribution in [0, 0.1) is 5.82 Å². The maximum absolute atomic E-state index is 14.0. The fraction of sp³-hybridized carbons (Fsp3) is 0.471. The van der Waals surface area contributed by atoms with E-state index in [0.717, 1.165) is 13.2 Å². The summed E-state index contributed by atoms with van der Waals surface area (Å²) in [4.78, 5) is 24.8. The van der Waals surface area contributed by atoms with E-state index in [-0.39, 0.29) is 24.5 Å². The number of methoxy groups -OCH3 is 1. The molecular formula is C17H22FN5O5. The first-order valence-electron chi connectivity index (χ1n) is 8.39.